The second-order valence-corrected chi connectivity index (χ2v) is 3.37. The molecule has 1 aliphatic heterocycles. The molecular weight excluding hydrogens is 183 g/mol. The van der Waals surface area contributed by atoms with Crippen molar-refractivity contribution >= 4 is 5.97 Å². The Bertz CT molecular complexity index is 394. The molecule has 1 aromatic rings. The molecule has 0 saturated carbocycles. The van der Waals surface area contributed by atoms with Gasteiger partial charge in [-0.25, -0.2) is 9.18 Å². The van der Waals surface area contributed by atoms with Crippen molar-refractivity contribution in [3.8, 4) is 0 Å². The van der Waals surface area contributed by atoms with Gasteiger partial charge in [0.1, 0.15) is 5.82 Å². The molecule has 3 heteroatoms. The predicted molar refractivity (Wildman–Crippen MR) is 49.0 cm³/mol. The Morgan fingerprint density at radius 1 is 1.29 bits per heavy atom. The molecule has 0 spiro atoms. The number of carbonyl (C=O) groups is 1. The zero-order valence-corrected chi connectivity index (χ0v) is 7.66. The normalized spacial score (nSPS) is 25.1. The highest BCUT2D eigenvalue weighted by molar-refractivity contribution is 5.85. The second kappa shape index (κ2) is 2.94. The fourth-order valence-electron chi connectivity index (χ4n) is 1.44. The quantitative estimate of drug-likeness (QED) is 0.637. The standard InChI is InChI=1S/C11H9FO2/c1-11(7-6-10(13)14-11)8-2-4-9(12)5-3-8/h2-7H,1H3/t11-/m1/s1. The summed E-state index contributed by atoms with van der Waals surface area (Å²) in [5, 5.41) is 0. The first-order chi connectivity index (χ1) is 6.60. The van der Waals surface area contributed by atoms with Gasteiger partial charge in [-0.05, 0) is 30.7 Å². The van der Waals surface area contributed by atoms with Gasteiger partial charge >= 0.3 is 5.97 Å². The van der Waals surface area contributed by atoms with E-state index in [4.69, 9.17) is 4.74 Å². The molecule has 14 heavy (non-hydrogen) atoms. The molecule has 0 radical (unpaired) electrons. The first kappa shape index (κ1) is 8.94. The zero-order valence-electron chi connectivity index (χ0n) is 7.66. The van der Waals surface area contributed by atoms with Crippen LogP contribution >= 0.6 is 0 Å². The molecule has 0 N–H and O–H groups in total. The Kier molecular flexibility index (Phi) is 1.88. The summed E-state index contributed by atoms with van der Waals surface area (Å²) in [6, 6.07) is 5.91. The average Bonchev–Trinajstić information content (AvgIpc) is 2.48. The molecule has 2 nitrogen and oxygen atoms in total. The van der Waals surface area contributed by atoms with Gasteiger partial charge in [-0.3, -0.25) is 0 Å². The molecule has 0 unspecified atom stereocenters. The minimum atomic E-state index is -0.745. The number of esters is 1. The van der Waals surface area contributed by atoms with Crippen molar-refractivity contribution in [1.82, 2.24) is 0 Å². The van der Waals surface area contributed by atoms with E-state index in [1.165, 1.54) is 18.2 Å². The summed E-state index contributed by atoms with van der Waals surface area (Å²) in [5.41, 5.74) is 0.0196. The summed E-state index contributed by atoms with van der Waals surface area (Å²) in [6.07, 6.45) is 3.05. The molecule has 0 fully saturated rings. The van der Waals surface area contributed by atoms with Gasteiger partial charge in [0.05, 0.1) is 0 Å². The van der Waals surface area contributed by atoms with E-state index in [1.54, 1.807) is 25.1 Å². The van der Waals surface area contributed by atoms with Crippen LogP contribution in [0, 0.1) is 5.82 Å². The third-order valence-electron chi connectivity index (χ3n) is 2.27. The molecule has 0 aliphatic carbocycles. The summed E-state index contributed by atoms with van der Waals surface area (Å²) in [5.74, 6) is -0.664. The van der Waals surface area contributed by atoms with Gasteiger partial charge < -0.3 is 4.74 Å². The van der Waals surface area contributed by atoms with E-state index < -0.39 is 5.60 Å². The SMILES string of the molecule is C[C@]1(c2ccc(F)cc2)C=CC(=O)O1. The van der Waals surface area contributed by atoms with Crippen molar-refractivity contribution in [3.05, 3.63) is 47.8 Å². The van der Waals surface area contributed by atoms with Crippen LogP contribution in [0.3, 0.4) is 0 Å². The maximum absolute atomic E-state index is 12.6. The first-order valence-electron chi connectivity index (χ1n) is 4.28. The third-order valence-corrected chi connectivity index (χ3v) is 2.27. The lowest BCUT2D eigenvalue weighted by molar-refractivity contribution is -0.145. The van der Waals surface area contributed by atoms with Crippen molar-refractivity contribution < 1.29 is 13.9 Å². The molecule has 72 valence electrons. The number of benzene rings is 1. The van der Waals surface area contributed by atoms with Crippen molar-refractivity contribution in [2.75, 3.05) is 0 Å². The van der Waals surface area contributed by atoms with E-state index in [0.717, 1.165) is 5.56 Å². The van der Waals surface area contributed by atoms with Crippen LogP contribution in [0.25, 0.3) is 0 Å². The summed E-state index contributed by atoms with van der Waals surface area (Å²) in [6.45, 7) is 1.77. The van der Waals surface area contributed by atoms with Crippen LogP contribution in [0.5, 0.6) is 0 Å². The number of carbonyl (C=O) groups excluding carboxylic acids is 1. The van der Waals surface area contributed by atoms with E-state index in [0.29, 0.717) is 0 Å². The lowest BCUT2D eigenvalue weighted by atomic mass is 9.96. The van der Waals surface area contributed by atoms with E-state index in [1.807, 2.05) is 0 Å². The lowest BCUT2D eigenvalue weighted by Gasteiger charge is -2.21. The molecule has 0 aromatic heterocycles. The highest BCUT2D eigenvalue weighted by Gasteiger charge is 2.32. The van der Waals surface area contributed by atoms with Crippen LogP contribution in [0.4, 0.5) is 4.39 Å². The van der Waals surface area contributed by atoms with Crippen molar-refractivity contribution in [1.29, 1.82) is 0 Å². The number of hydrogen-bond donors (Lipinski definition) is 0. The van der Waals surface area contributed by atoms with Crippen LogP contribution < -0.4 is 0 Å². The van der Waals surface area contributed by atoms with E-state index in [2.05, 4.69) is 0 Å². The Hall–Kier alpha value is -1.64. The van der Waals surface area contributed by atoms with Gasteiger partial charge in [-0.2, -0.15) is 0 Å². The minimum absolute atomic E-state index is 0.300. The smallest absolute Gasteiger partial charge is 0.331 e. The molecule has 1 atom stereocenters. The summed E-state index contributed by atoms with van der Waals surface area (Å²) in [7, 11) is 0. The Morgan fingerprint density at radius 2 is 1.93 bits per heavy atom. The van der Waals surface area contributed by atoms with Gasteiger partial charge in [0, 0.05) is 6.08 Å². The summed E-state index contributed by atoms with van der Waals surface area (Å²) >= 11 is 0. The molecule has 0 bridgehead atoms. The maximum Gasteiger partial charge on any atom is 0.331 e. The fourth-order valence-corrected chi connectivity index (χ4v) is 1.44. The van der Waals surface area contributed by atoms with Gasteiger partial charge in [0.2, 0.25) is 0 Å². The van der Waals surface area contributed by atoms with Crippen LogP contribution in [0.2, 0.25) is 0 Å². The topological polar surface area (TPSA) is 26.3 Å². The number of halogens is 1. The molecule has 0 amide bonds. The molecule has 1 aromatic carbocycles. The second-order valence-electron chi connectivity index (χ2n) is 3.37. The van der Waals surface area contributed by atoms with Gasteiger partial charge in [0.25, 0.3) is 0 Å². The van der Waals surface area contributed by atoms with E-state index >= 15 is 0 Å². The number of hydrogen-bond acceptors (Lipinski definition) is 2. The van der Waals surface area contributed by atoms with Crippen LogP contribution in [0.1, 0.15) is 12.5 Å². The summed E-state index contributed by atoms with van der Waals surface area (Å²) in [4.78, 5) is 10.9. The summed E-state index contributed by atoms with van der Waals surface area (Å²) < 4.78 is 17.8. The van der Waals surface area contributed by atoms with Crippen molar-refractivity contribution in [2.24, 2.45) is 0 Å². The van der Waals surface area contributed by atoms with Crippen molar-refractivity contribution in [3.63, 3.8) is 0 Å². The average molecular weight is 192 g/mol. The zero-order chi connectivity index (χ0) is 10.2. The monoisotopic (exact) mass is 192 g/mol. The molecular formula is C11H9FO2. The van der Waals surface area contributed by atoms with Gasteiger partial charge in [-0.1, -0.05) is 12.1 Å². The Morgan fingerprint density at radius 3 is 2.43 bits per heavy atom. The molecule has 1 aliphatic rings. The van der Waals surface area contributed by atoms with Crippen LogP contribution in [-0.4, -0.2) is 5.97 Å². The van der Waals surface area contributed by atoms with E-state index in [-0.39, 0.29) is 11.8 Å². The number of ether oxygens (including phenoxy) is 1. The van der Waals surface area contributed by atoms with E-state index in [9.17, 15) is 9.18 Å². The largest absolute Gasteiger partial charge is 0.447 e. The molecule has 2 rings (SSSR count). The highest BCUT2D eigenvalue weighted by Crippen LogP contribution is 2.31. The molecule has 1 heterocycles. The van der Waals surface area contributed by atoms with Gasteiger partial charge in [0.15, 0.2) is 5.60 Å². The minimum Gasteiger partial charge on any atom is -0.447 e. The van der Waals surface area contributed by atoms with Crippen molar-refractivity contribution in [2.45, 2.75) is 12.5 Å². The lowest BCUT2D eigenvalue weighted by Crippen LogP contribution is -2.20. The van der Waals surface area contributed by atoms with Gasteiger partial charge in [-0.15, -0.1) is 0 Å². The first-order valence-corrected chi connectivity index (χ1v) is 4.28. The third kappa shape index (κ3) is 1.41. The number of cyclic esters (lactones) is 1. The van der Waals surface area contributed by atoms with Crippen LogP contribution in [-0.2, 0) is 15.1 Å². The predicted octanol–water partition coefficient (Wildman–Crippen LogP) is 2.15. The Balaban J connectivity index is 2.36. The van der Waals surface area contributed by atoms with Crippen LogP contribution in [0.15, 0.2) is 36.4 Å². The number of rotatable bonds is 1. The fraction of sp³-hybridized carbons (Fsp3) is 0.182. The Labute approximate surface area is 81.0 Å². The maximum atomic E-state index is 12.6. The highest BCUT2D eigenvalue weighted by atomic mass is 19.1. The molecule has 0 saturated heterocycles.